The van der Waals surface area contributed by atoms with Crippen LogP contribution in [-0.2, 0) is 4.79 Å². The first kappa shape index (κ1) is 13.6. The third kappa shape index (κ3) is 3.82. The number of halogens is 1. The molecule has 0 aliphatic carbocycles. The molecular formula is C12H14ClNO3. The van der Waals surface area contributed by atoms with Crippen LogP contribution in [0.15, 0.2) is 24.3 Å². The molecule has 0 aromatic heterocycles. The maximum Gasteiger partial charge on any atom is 0.217 e. The molecule has 0 bridgehead atoms. The molecule has 5 heteroatoms. The Hall–Kier alpha value is -1.42. The number of benzene rings is 1. The van der Waals surface area contributed by atoms with E-state index in [0.29, 0.717) is 23.4 Å². The summed E-state index contributed by atoms with van der Waals surface area (Å²) in [4.78, 5) is 22.0. The molecule has 0 aliphatic heterocycles. The highest BCUT2D eigenvalue weighted by molar-refractivity contribution is 6.31. The Kier molecular flexibility index (Phi) is 5.10. The largest absolute Gasteiger partial charge is 0.299 e. The van der Waals surface area contributed by atoms with E-state index >= 15 is 0 Å². The lowest BCUT2D eigenvalue weighted by Gasteiger charge is -2.13. The Morgan fingerprint density at radius 3 is 2.65 bits per heavy atom. The molecule has 0 aliphatic rings. The van der Waals surface area contributed by atoms with Crippen LogP contribution in [0.4, 0.5) is 0 Å². The van der Waals surface area contributed by atoms with Crippen molar-refractivity contribution in [3.63, 3.8) is 0 Å². The zero-order valence-electron chi connectivity index (χ0n) is 9.56. The molecule has 0 N–H and O–H groups in total. The smallest absolute Gasteiger partial charge is 0.217 e. The fraction of sp³-hybridized carbons (Fsp3) is 0.417. The molecule has 0 saturated carbocycles. The van der Waals surface area contributed by atoms with Crippen molar-refractivity contribution >= 4 is 17.4 Å². The van der Waals surface area contributed by atoms with Gasteiger partial charge in [0.25, 0.3) is 0 Å². The molecule has 4 nitrogen and oxygen atoms in total. The Morgan fingerprint density at radius 2 is 2.12 bits per heavy atom. The van der Waals surface area contributed by atoms with Gasteiger partial charge >= 0.3 is 0 Å². The van der Waals surface area contributed by atoms with Crippen molar-refractivity contribution < 1.29 is 9.72 Å². The summed E-state index contributed by atoms with van der Waals surface area (Å²) in [5, 5.41) is 11.0. The van der Waals surface area contributed by atoms with Gasteiger partial charge in [0.15, 0.2) is 0 Å². The van der Waals surface area contributed by atoms with Crippen LogP contribution in [0, 0.1) is 10.1 Å². The lowest BCUT2D eigenvalue weighted by Crippen LogP contribution is -2.21. The predicted molar refractivity (Wildman–Crippen MR) is 66.0 cm³/mol. The number of nitrogens with zero attached hydrogens (tertiary/aromatic N) is 1. The predicted octanol–water partition coefficient (Wildman–Crippen LogP) is 3.07. The monoisotopic (exact) mass is 255 g/mol. The minimum absolute atomic E-state index is 0.127. The van der Waals surface area contributed by atoms with Gasteiger partial charge in [0.2, 0.25) is 6.54 Å². The van der Waals surface area contributed by atoms with Crippen LogP contribution in [0.1, 0.15) is 31.2 Å². The van der Waals surface area contributed by atoms with E-state index in [1.165, 1.54) is 0 Å². The Bertz CT molecular complexity index is 420. The van der Waals surface area contributed by atoms with Crippen LogP contribution in [0.5, 0.6) is 0 Å². The summed E-state index contributed by atoms with van der Waals surface area (Å²) in [6.45, 7) is 1.47. The van der Waals surface area contributed by atoms with Gasteiger partial charge in [-0.1, -0.05) is 36.7 Å². The Morgan fingerprint density at radius 1 is 1.47 bits per heavy atom. The van der Waals surface area contributed by atoms with Crippen LogP contribution in [0.2, 0.25) is 5.02 Å². The molecule has 0 amide bonds. The molecule has 1 atom stereocenters. The summed E-state index contributed by atoms with van der Waals surface area (Å²) in [6, 6.07) is 6.78. The van der Waals surface area contributed by atoms with Gasteiger partial charge < -0.3 is 0 Å². The van der Waals surface area contributed by atoms with Crippen molar-refractivity contribution in [2.75, 3.05) is 6.54 Å². The topological polar surface area (TPSA) is 60.2 Å². The van der Waals surface area contributed by atoms with E-state index in [0.717, 1.165) is 0 Å². The van der Waals surface area contributed by atoms with Gasteiger partial charge in [-0.3, -0.25) is 14.9 Å². The first-order valence-electron chi connectivity index (χ1n) is 5.45. The maximum absolute atomic E-state index is 11.9. The summed E-state index contributed by atoms with van der Waals surface area (Å²) < 4.78 is 0. The summed E-state index contributed by atoms with van der Waals surface area (Å²) in [5.41, 5.74) is 0.546. The molecule has 1 aromatic carbocycles. The molecule has 1 rings (SSSR count). The van der Waals surface area contributed by atoms with Gasteiger partial charge in [0.1, 0.15) is 11.7 Å². The summed E-state index contributed by atoms with van der Waals surface area (Å²) >= 11 is 5.97. The van der Waals surface area contributed by atoms with Crippen LogP contribution >= 0.6 is 11.6 Å². The summed E-state index contributed by atoms with van der Waals surface area (Å²) in [5.74, 6) is -0.865. The lowest BCUT2D eigenvalue weighted by atomic mass is 9.92. The van der Waals surface area contributed by atoms with E-state index < -0.39 is 17.4 Å². The third-order valence-corrected chi connectivity index (χ3v) is 2.84. The minimum Gasteiger partial charge on any atom is -0.299 e. The van der Waals surface area contributed by atoms with E-state index in [-0.39, 0.29) is 5.78 Å². The van der Waals surface area contributed by atoms with Gasteiger partial charge in [0, 0.05) is 16.4 Å². The number of rotatable bonds is 6. The van der Waals surface area contributed by atoms with Gasteiger partial charge in [-0.2, -0.15) is 0 Å². The van der Waals surface area contributed by atoms with Crippen LogP contribution < -0.4 is 0 Å². The Labute approximate surface area is 105 Å². The minimum atomic E-state index is -0.737. The average molecular weight is 256 g/mol. The zero-order chi connectivity index (χ0) is 12.8. The van der Waals surface area contributed by atoms with Crippen molar-refractivity contribution in [2.45, 2.75) is 25.7 Å². The third-order valence-electron chi connectivity index (χ3n) is 2.50. The molecule has 1 aromatic rings. The van der Waals surface area contributed by atoms with E-state index in [4.69, 9.17) is 11.6 Å². The van der Waals surface area contributed by atoms with Gasteiger partial charge in [-0.25, -0.2) is 0 Å². The second kappa shape index (κ2) is 6.35. The number of carbonyl (C=O) groups excluding carboxylic acids is 1. The molecule has 0 saturated heterocycles. The molecule has 17 heavy (non-hydrogen) atoms. The van der Waals surface area contributed by atoms with Crippen LogP contribution in [0.25, 0.3) is 0 Å². The van der Waals surface area contributed by atoms with Crippen LogP contribution in [0.3, 0.4) is 0 Å². The summed E-state index contributed by atoms with van der Waals surface area (Å²) in [6.07, 6.45) is 1.02. The lowest BCUT2D eigenvalue weighted by molar-refractivity contribution is -0.481. The molecule has 0 radical (unpaired) electrons. The van der Waals surface area contributed by atoms with E-state index in [1.807, 2.05) is 6.92 Å². The average Bonchev–Trinajstić information content (AvgIpc) is 2.27. The van der Waals surface area contributed by atoms with Gasteiger partial charge in [-0.15, -0.1) is 0 Å². The summed E-state index contributed by atoms with van der Waals surface area (Å²) in [7, 11) is 0. The second-order valence-electron chi connectivity index (χ2n) is 3.81. The fourth-order valence-corrected chi connectivity index (χ4v) is 1.97. The fourth-order valence-electron chi connectivity index (χ4n) is 1.70. The van der Waals surface area contributed by atoms with Crippen LogP contribution in [-0.4, -0.2) is 17.3 Å². The van der Waals surface area contributed by atoms with Crippen molar-refractivity contribution in [1.82, 2.24) is 0 Å². The highest BCUT2D eigenvalue weighted by Gasteiger charge is 2.26. The number of ketones is 1. The molecular weight excluding hydrogens is 242 g/mol. The first-order valence-corrected chi connectivity index (χ1v) is 5.83. The van der Waals surface area contributed by atoms with E-state index in [2.05, 4.69) is 0 Å². The van der Waals surface area contributed by atoms with E-state index in [9.17, 15) is 14.9 Å². The van der Waals surface area contributed by atoms with Gasteiger partial charge in [0.05, 0.1) is 0 Å². The molecule has 92 valence electrons. The van der Waals surface area contributed by atoms with Crippen molar-refractivity contribution in [3.05, 3.63) is 45.0 Å². The van der Waals surface area contributed by atoms with Gasteiger partial charge in [-0.05, 0) is 18.1 Å². The number of hydrogen-bond acceptors (Lipinski definition) is 3. The SMILES string of the molecule is CCCC(=O)C(C[N+](=O)[O-])c1ccccc1Cl. The second-order valence-corrected chi connectivity index (χ2v) is 4.21. The normalized spacial score (nSPS) is 12.1. The van der Waals surface area contributed by atoms with E-state index in [1.54, 1.807) is 24.3 Å². The maximum atomic E-state index is 11.9. The quantitative estimate of drug-likeness (QED) is 0.580. The van der Waals surface area contributed by atoms with Crippen molar-refractivity contribution in [2.24, 2.45) is 0 Å². The number of Topliss-reactive ketones (excluding diaryl/α,β-unsaturated/α-hetero) is 1. The molecule has 0 heterocycles. The Balaban J connectivity index is 3.01. The molecule has 1 unspecified atom stereocenters. The number of carbonyl (C=O) groups is 1. The van der Waals surface area contributed by atoms with Crippen molar-refractivity contribution in [1.29, 1.82) is 0 Å². The zero-order valence-corrected chi connectivity index (χ0v) is 10.3. The molecule has 0 spiro atoms. The highest BCUT2D eigenvalue weighted by atomic mass is 35.5. The molecule has 0 fully saturated rings. The first-order chi connectivity index (χ1) is 8.06. The number of nitro groups is 1. The number of hydrogen-bond donors (Lipinski definition) is 0. The van der Waals surface area contributed by atoms with Crippen molar-refractivity contribution in [3.8, 4) is 0 Å². The standard InChI is InChI=1S/C12H14ClNO3/c1-2-5-12(15)10(8-14(16)17)9-6-3-4-7-11(9)13/h3-4,6-7,10H,2,5,8H2,1H3. The highest BCUT2D eigenvalue weighted by Crippen LogP contribution is 2.26.